The third-order valence-electron chi connectivity index (χ3n) is 5.16. The maximum atomic E-state index is 12.7. The first kappa shape index (κ1) is 16.0. The molecule has 2 aromatic carbocycles. The van der Waals surface area contributed by atoms with Gasteiger partial charge in [0.25, 0.3) is 0 Å². The maximum absolute atomic E-state index is 12.7. The Labute approximate surface area is 149 Å². The average molecular weight is 336 g/mol. The molecule has 1 aliphatic carbocycles. The highest BCUT2D eigenvalue weighted by molar-refractivity contribution is 5.82. The maximum Gasteiger partial charge on any atom is 0.226 e. The van der Waals surface area contributed by atoms with Gasteiger partial charge in [-0.25, -0.2) is 0 Å². The van der Waals surface area contributed by atoms with Gasteiger partial charge in [0, 0.05) is 43.7 Å². The molecule has 1 amide bonds. The molecule has 4 nitrogen and oxygen atoms in total. The molecular weight excluding hydrogens is 312 g/mol. The Morgan fingerprint density at radius 1 is 0.920 bits per heavy atom. The summed E-state index contributed by atoms with van der Waals surface area (Å²) in [7, 11) is 0. The summed E-state index contributed by atoms with van der Waals surface area (Å²) in [6, 6.07) is 20.3. The number of ether oxygens (including phenoxy) is 1. The van der Waals surface area contributed by atoms with Crippen LogP contribution in [-0.2, 0) is 4.79 Å². The van der Waals surface area contributed by atoms with Crippen LogP contribution in [0.1, 0.15) is 6.42 Å². The van der Waals surface area contributed by atoms with Crippen LogP contribution in [-0.4, -0.2) is 43.6 Å². The highest BCUT2D eigenvalue weighted by Gasteiger charge is 2.45. The van der Waals surface area contributed by atoms with E-state index in [4.69, 9.17) is 4.74 Å². The van der Waals surface area contributed by atoms with Crippen LogP contribution >= 0.6 is 0 Å². The zero-order chi connectivity index (χ0) is 17.1. The second-order valence-electron chi connectivity index (χ2n) is 6.87. The van der Waals surface area contributed by atoms with Crippen molar-refractivity contribution in [1.82, 2.24) is 4.90 Å². The van der Waals surface area contributed by atoms with Crippen LogP contribution < -0.4 is 9.64 Å². The van der Waals surface area contributed by atoms with Crippen molar-refractivity contribution < 1.29 is 9.53 Å². The summed E-state index contributed by atoms with van der Waals surface area (Å²) in [5, 5.41) is 0. The summed E-state index contributed by atoms with van der Waals surface area (Å²) >= 11 is 0. The zero-order valence-electron chi connectivity index (χ0n) is 14.4. The van der Waals surface area contributed by atoms with Gasteiger partial charge in [0.15, 0.2) is 0 Å². The lowest BCUT2D eigenvalue weighted by atomic mass is 10.2. The predicted octanol–water partition coefficient (Wildman–Crippen LogP) is 3.05. The fourth-order valence-corrected chi connectivity index (χ4v) is 3.51. The summed E-state index contributed by atoms with van der Waals surface area (Å²) in [4.78, 5) is 17.1. The number of nitrogens with zero attached hydrogens (tertiary/aromatic N) is 2. The number of carbonyl (C=O) groups excluding carboxylic acids is 1. The second-order valence-corrected chi connectivity index (χ2v) is 6.87. The molecule has 2 aromatic rings. The largest absolute Gasteiger partial charge is 0.493 e. The first-order valence-electron chi connectivity index (χ1n) is 9.08. The molecule has 0 spiro atoms. The normalized spacial score (nSPS) is 22.6. The van der Waals surface area contributed by atoms with E-state index in [-0.39, 0.29) is 5.92 Å². The molecule has 0 aromatic heterocycles. The molecule has 2 aliphatic rings. The Bertz CT molecular complexity index is 696. The van der Waals surface area contributed by atoms with Crippen molar-refractivity contribution in [3.63, 3.8) is 0 Å². The molecular formula is C21H24N2O2. The van der Waals surface area contributed by atoms with E-state index in [0.717, 1.165) is 38.3 Å². The van der Waals surface area contributed by atoms with Crippen LogP contribution in [0.15, 0.2) is 60.7 Å². The van der Waals surface area contributed by atoms with Gasteiger partial charge in [-0.2, -0.15) is 0 Å². The summed E-state index contributed by atoms with van der Waals surface area (Å²) in [6.07, 6.45) is 0.963. The van der Waals surface area contributed by atoms with Crippen molar-refractivity contribution in [2.75, 3.05) is 37.7 Å². The highest BCUT2D eigenvalue weighted by atomic mass is 16.5. The van der Waals surface area contributed by atoms with E-state index >= 15 is 0 Å². The van der Waals surface area contributed by atoms with Crippen LogP contribution in [0.5, 0.6) is 5.75 Å². The smallest absolute Gasteiger partial charge is 0.226 e. The molecule has 0 N–H and O–H groups in total. The van der Waals surface area contributed by atoms with Crippen LogP contribution in [0.25, 0.3) is 0 Å². The second kappa shape index (κ2) is 7.18. The lowest BCUT2D eigenvalue weighted by Crippen LogP contribution is -2.49. The van der Waals surface area contributed by atoms with Gasteiger partial charge in [0.05, 0.1) is 6.61 Å². The average Bonchev–Trinajstić information content (AvgIpc) is 3.47. The van der Waals surface area contributed by atoms with Crippen molar-refractivity contribution in [3.05, 3.63) is 60.7 Å². The fourth-order valence-electron chi connectivity index (χ4n) is 3.51. The van der Waals surface area contributed by atoms with E-state index in [1.165, 1.54) is 5.69 Å². The number of benzene rings is 2. The number of hydrogen-bond acceptors (Lipinski definition) is 3. The van der Waals surface area contributed by atoms with Gasteiger partial charge in [-0.05, 0) is 30.7 Å². The number of anilines is 1. The lowest BCUT2D eigenvalue weighted by molar-refractivity contribution is -0.133. The Kier molecular flexibility index (Phi) is 4.59. The minimum atomic E-state index is 0.159. The molecule has 0 unspecified atom stereocenters. The van der Waals surface area contributed by atoms with Crippen LogP contribution in [0.2, 0.25) is 0 Å². The van der Waals surface area contributed by atoms with E-state index in [1.807, 2.05) is 41.3 Å². The monoisotopic (exact) mass is 336 g/mol. The van der Waals surface area contributed by atoms with Crippen molar-refractivity contribution >= 4 is 11.6 Å². The first-order valence-corrected chi connectivity index (χ1v) is 9.08. The fraction of sp³-hybridized carbons (Fsp3) is 0.381. The SMILES string of the molecule is O=C([C@@H]1C[C@H]1COc1ccccc1)N1CCN(c2ccccc2)CC1. The van der Waals surface area contributed by atoms with E-state index in [9.17, 15) is 4.79 Å². The van der Waals surface area contributed by atoms with Gasteiger partial charge < -0.3 is 14.5 Å². The molecule has 1 aliphatic heterocycles. The molecule has 4 heteroatoms. The molecule has 25 heavy (non-hydrogen) atoms. The Morgan fingerprint density at radius 3 is 2.24 bits per heavy atom. The number of hydrogen-bond donors (Lipinski definition) is 0. The van der Waals surface area contributed by atoms with E-state index < -0.39 is 0 Å². The number of para-hydroxylation sites is 2. The van der Waals surface area contributed by atoms with Crippen molar-refractivity contribution in [2.24, 2.45) is 11.8 Å². The molecule has 2 fully saturated rings. The molecule has 1 saturated heterocycles. The Hall–Kier alpha value is -2.49. The van der Waals surface area contributed by atoms with E-state index in [2.05, 4.69) is 29.2 Å². The van der Waals surface area contributed by atoms with Crippen molar-refractivity contribution in [2.45, 2.75) is 6.42 Å². The van der Waals surface area contributed by atoms with Gasteiger partial charge in [0.2, 0.25) is 5.91 Å². The summed E-state index contributed by atoms with van der Waals surface area (Å²) < 4.78 is 5.79. The minimum absolute atomic E-state index is 0.159. The van der Waals surface area contributed by atoms with Crippen LogP contribution in [0.4, 0.5) is 5.69 Å². The molecule has 0 bridgehead atoms. The van der Waals surface area contributed by atoms with Gasteiger partial charge in [0.1, 0.15) is 5.75 Å². The standard InChI is InChI=1S/C21H24N2O2/c24-21(20-15-17(20)16-25-19-9-5-2-6-10-19)23-13-11-22(12-14-23)18-7-3-1-4-8-18/h1-10,17,20H,11-16H2/t17-,20+/m0/s1. The third kappa shape index (κ3) is 3.78. The topological polar surface area (TPSA) is 32.8 Å². The molecule has 4 rings (SSSR count). The molecule has 1 saturated carbocycles. The van der Waals surface area contributed by atoms with Gasteiger partial charge >= 0.3 is 0 Å². The van der Waals surface area contributed by atoms with E-state index in [0.29, 0.717) is 18.4 Å². The Morgan fingerprint density at radius 2 is 1.56 bits per heavy atom. The van der Waals surface area contributed by atoms with Gasteiger partial charge in [-0.3, -0.25) is 4.79 Å². The summed E-state index contributed by atoms with van der Waals surface area (Å²) in [5.41, 5.74) is 1.25. The number of amides is 1. The number of rotatable bonds is 5. The minimum Gasteiger partial charge on any atom is -0.493 e. The molecule has 2 atom stereocenters. The predicted molar refractivity (Wildman–Crippen MR) is 98.8 cm³/mol. The summed E-state index contributed by atoms with van der Waals surface area (Å²) in [5.74, 6) is 1.73. The van der Waals surface area contributed by atoms with Gasteiger partial charge in [-0.1, -0.05) is 36.4 Å². The van der Waals surface area contributed by atoms with Gasteiger partial charge in [-0.15, -0.1) is 0 Å². The zero-order valence-corrected chi connectivity index (χ0v) is 14.4. The van der Waals surface area contributed by atoms with Crippen molar-refractivity contribution in [1.29, 1.82) is 0 Å². The van der Waals surface area contributed by atoms with Crippen LogP contribution in [0, 0.1) is 11.8 Å². The van der Waals surface area contributed by atoms with Crippen molar-refractivity contribution in [3.8, 4) is 5.75 Å². The molecule has 0 radical (unpaired) electrons. The number of carbonyl (C=O) groups is 1. The quantitative estimate of drug-likeness (QED) is 0.841. The molecule has 1 heterocycles. The lowest BCUT2D eigenvalue weighted by Gasteiger charge is -2.36. The summed E-state index contributed by atoms with van der Waals surface area (Å²) in [6.45, 7) is 4.10. The highest BCUT2D eigenvalue weighted by Crippen LogP contribution is 2.40. The first-order chi connectivity index (χ1) is 12.3. The van der Waals surface area contributed by atoms with Crippen LogP contribution in [0.3, 0.4) is 0 Å². The van der Waals surface area contributed by atoms with E-state index in [1.54, 1.807) is 0 Å². The number of piperazine rings is 1. The molecule has 130 valence electrons. The third-order valence-corrected chi connectivity index (χ3v) is 5.16. The Balaban J connectivity index is 1.23.